The second-order valence-corrected chi connectivity index (χ2v) is 6.63. The van der Waals surface area contributed by atoms with Crippen LogP contribution in [0.3, 0.4) is 0 Å². The molecule has 0 aliphatic carbocycles. The summed E-state index contributed by atoms with van der Waals surface area (Å²) in [6, 6.07) is 13.2. The van der Waals surface area contributed by atoms with E-state index in [2.05, 4.69) is 4.74 Å². The molecule has 0 bridgehead atoms. The standard InChI is InChI=1S/C15H15FO5S/c1-15(16,22(18,19)20)14(17)21-10-9-12-7-4-6-11-5-2-3-8-13(11)12/h2-8H,9-10H2,1H3,(H,18,19,20). The summed E-state index contributed by atoms with van der Waals surface area (Å²) in [5.74, 6) is -1.63. The molecule has 0 saturated heterocycles. The van der Waals surface area contributed by atoms with Gasteiger partial charge in [0.25, 0.3) is 0 Å². The van der Waals surface area contributed by atoms with Crippen molar-refractivity contribution in [2.45, 2.75) is 18.3 Å². The summed E-state index contributed by atoms with van der Waals surface area (Å²) in [6.45, 7) is 0.254. The summed E-state index contributed by atoms with van der Waals surface area (Å²) in [4.78, 5) is 11.4. The average molecular weight is 326 g/mol. The normalized spacial score (nSPS) is 14.5. The zero-order chi connectivity index (χ0) is 16.4. The Bertz CT molecular complexity index is 793. The van der Waals surface area contributed by atoms with Crippen molar-refractivity contribution in [2.75, 3.05) is 6.61 Å². The number of hydrogen-bond donors (Lipinski definition) is 1. The molecule has 0 spiro atoms. The van der Waals surface area contributed by atoms with Gasteiger partial charge in [0.05, 0.1) is 6.61 Å². The van der Waals surface area contributed by atoms with Gasteiger partial charge in [-0.05, 0) is 23.3 Å². The van der Waals surface area contributed by atoms with Gasteiger partial charge in [0, 0.05) is 6.42 Å². The number of ether oxygens (including phenoxy) is 1. The summed E-state index contributed by atoms with van der Waals surface area (Å²) in [5, 5.41) is -1.48. The van der Waals surface area contributed by atoms with Crippen LogP contribution in [0, 0.1) is 0 Å². The molecule has 5 nitrogen and oxygen atoms in total. The van der Waals surface area contributed by atoms with E-state index in [1.54, 1.807) is 0 Å². The first-order valence-corrected chi connectivity index (χ1v) is 7.97. The van der Waals surface area contributed by atoms with Crippen LogP contribution >= 0.6 is 0 Å². The first kappa shape index (κ1) is 16.4. The highest BCUT2D eigenvalue weighted by Crippen LogP contribution is 2.21. The molecule has 0 saturated carbocycles. The summed E-state index contributed by atoms with van der Waals surface area (Å²) >= 11 is 0. The molecule has 7 heteroatoms. The van der Waals surface area contributed by atoms with Crippen molar-refractivity contribution >= 4 is 26.9 Å². The minimum atomic E-state index is -5.17. The lowest BCUT2D eigenvalue weighted by molar-refractivity contribution is -0.151. The Morgan fingerprint density at radius 3 is 2.55 bits per heavy atom. The van der Waals surface area contributed by atoms with Crippen molar-refractivity contribution in [1.82, 2.24) is 0 Å². The number of fused-ring (bicyclic) bond motifs is 1. The monoisotopic (exact) mass is 326 g/mol. The zero-order valence-corrected chi connectivity index (χ0v) is 12.6. The lowest BCUT2D eigenvalue weighted by atomic mass is 10.0. The molecule has 2 aromatic rings. The Labute approximate surface area is 127 Å². The molecular weight excluding hydrogens is 311 g/mol. The third-order valence-electron chi connectivity index (χ3n) is 3.33. The number of alkyl halides is 1. The lowest BCUT2D eigenvalue weighted by Crippen LogP contribution is -2.40. The van der Waals surface area contributed by atoms with Gasteiger partial charge in [-0.1, -0.05) is 42.5 Å². The van der Waals surface area contributed by atoms with Crippen LogP contribution in [-0.4, -0.2) is 30.5 Å². The second-order valence-electron chi connectivity index (χ2n) is 4.92. The number of hydrogen-bond acceptors (Lipinski definition) is 4. The maximum absolute atomic E-state index is 13.7. The Hall–Kier alpha value is -1.99. The average Bonchev–Trinajstić information content (AvgIpc) is 2.46. The Morgan fingerprint density at radius 1 is 1.23 bits per heavy atom. The summed E-state index contributed by atoms with van der Waals surface area (Å²) in [5.41, 5.74) is 0.887. The topological polar surface area (TPSA) is 80.7 Å². The van der Waals surface area contributed by atoms with Gasteiger partial charge in [-0.3, -0.25) is 4.55 Å². The summed E-state index contributed by atoms with van der Waals surface area (Å²) < 4.78 is 48.5. The van der Waals surface area contributed by atoms with E-state index in [1.165, 1.54) is 0 Å². The van der Waals surface area contributed by atoms with E-state index in [-0.39, 0.29) is 6.61 Å². The van der Waals surface area contributed by atoms with Gasteiger partial charge in [0.15, 0.2) is 0 Å². The van der Waals surface area contributed by atoms with Crippen LogP contribution in [0.1, 0.15) is 12.5 Å². The number of carbonyl (C=O) groups excluding carboxylic acids is 1. The lowest BCUT2D eigenvalue weighted by Gasteiger charge is -2.15. The fourth-order valence-corrected chi connectivity index (χ4v) is 2.27. The van der Waals surface area contributed by atoms with E-state index in [9.17, 15) is 17.6 Å². The molecule has 0 aliphatic heterocycles. The second kappa shape index (κ2) is 6.02. The van der Waals surface area contributed by atoms with Crippen LogP contribution in [0.25, 0.3) is 10.8 Å². The van der Waals surface area contributed by atoms with Gasteiger partial charge in [0.1, 0.15) is 0 Å². The van der Waals surface area contributed by atoms with Gasteiger partial charge in [0.2, 0.25) is 0 Å². The van der Waals surface area contributed by atoms with Crippen LogP contribution in [0.15, 0.2) is 42.5 Å². The Morgan fingerprint density at radius 2 is 1.86 bits per heavy atom. The molecule has 0 aliphatic rings. The minimum Gasteiger partial charge on any atom is -0.462 e. The molecule has 0 aromatic heterocycles. The SMILES string of the molecule is CC(F)(C(=O)OCCc1cccc2ccccc12)S(=O)(=O)O. The third-order valence-corrected chi connectivity index (χ3v) is 4.47. The number of carbonyl (C=O) groups is 1. The van der Waals surface area contributed by atoms with Crippen LogP contribution in [0.2, 0.25) is 0 Å². The van der Waals surface area contributed by atoms with Gasteiger partial charge < -0.3 is 4.74 Å². The molecule has 2 aromatic carbocycles. The quantitative estimate of drug-likeness (QED) is 0.674. The van der Waals surface area contributed by atoms with Crippen LogP contribution < -0.4 is 0 Å². The molecule has 0 fully saturated rings. The van der Waals surface area contributed by atoms with E-state index in [0.717, 1.165) is 16.3 Å². The predicted molar refractivity (Wildman–Crippen MR) is 79.7 cm³/mol. The van der Waals surface area contributed by atoms with E-state index in [0.29, 0.717) is 13.3 Å². The van der Waals surface area contributed by atoms with Gasteiger partial charge >= 0.3 is 21.1 Å². The third kappa shape index (κ3) is 3.26. The molecule has 2 rings (SSSR count). The number of benzene rings is 2. The molecule has 118 valence electrons. The van der Waals surface area contributed by atoms with Crippen LogP contribution in [0.5, 0.6) is 0 Å². The molecule has 0 amide bonds. The van der Waals surface area contributed by atoms with Gasteiger partial charge in [-0.15, -0.1) is 0 Å². The van der Waals surface area contributed by atoms with Gasteiger partial charge in [-0.25, -0.2) is 9.18 Å². The highest BCUT2D eigenvalue weighted by molar-refractivity contribution is 7.87. The van der Waals surface area contributed by atoms with Gasteiger partial charge in [-0.2, -0.15) is 8.42 Å². The van der Waals surface area contributed by atoms with E-state index in [1.807, 2.05) is 42.5 Å². The molecule has 0 radical (unpaired) electrons. The van der Waals surface area contributed by atoms with Crippen molar-refractivity contribution in [3.8, 4) is 0 Å². The van der Waals surface area contributed by atoms with Crippen molar-refractivity contribution in [3.63, 3.8) is 0 Å². The molecule has 1 atom stereocenters. The smallest absolute Gasteiger partial charge is 0.362 e. The summed E-state index contributed by atoms with van der Waals surface area (Å²) in [6.07, 6.45) is 0.300. The number of halogens is 1. The fourth-order valence-electron chi connectivity index (χ4n) is 2.00. The van der Waals surface area contributed by atoms with Crippen LogP contribution in [0.4, 0.5) is 4.39 Å². The molecular formula is C15H15FO5S. The minimum absolute atomic E-state index is 0.193. The zero-order valence-electron chi connectivity index (χ0n) is 11.8. The first-order valence-electron chi connectivity index (χ1n) is 6.53. The largest absolute Gasteiger partial charge is 0.462 e. The fraction of sp³-hybridized carbons (Fsp3) is 0.267. The Balaban J connectivity index is 2.06. The first-order chi connectivity index (χ1) is 10.2. The predicted octanol–water partition coefficient (Wildman–Crippen LogP) is 2.50. The highest BCUT2D eigenvalue weighted by atomic mass is 32.2. The van der Waals surface area contributed by atoms with E-state index >= 15 is 0 Å². The van der Waals surface area contributed by atoms with Crippen LogP contribution in [-0.2, 0) is 26.1 Å². The molecule has 22 heavy (non-hydrogen) atoms. The number of esters is 1. The van der Waals surface area contributed by atoms with E-state index in [4.69, 9.17) is 4.55 Å². The Kier molecular flexibility index (Phi) is 4.48. The van der Waals surface area contributed by atoms with Crippen molar-refractivity contribution < 1.29 is 26.9 Å². The van der Waals surface area contributed by atoms with Crippen molar-refractivity contribution in [1.29, 1.82) is 0 Å². The maximum Gasteiger partial charge on any atom is 0.362 e. The van der Waals surface area contributed by atoms with Crippen molar-refractivity contribution in [3.05, 3.63) is 48.0 Å². The molecule has 1 N–H and O–H groups in total. The summed E-state index contributed by atoms with van der Waals surface area (Å²) in [7, 11) is -5.17. The highest BCUT2D eigenvalue weighted by Gasteiger charge is 2.48. The molecule has 0 heterocycles. The van der Waals surface area contributed by atoms with Crippen molar-refractivity contribution in [2.24, 2.45) is 0 Å². The molecule has 1 unspecified atom stereocenters. The van der Waals surface area contributed by atoms with E-state index < -0.39 is 21.1 Å². The number of rotatable bonds is 5. The maximum atomic E-state index is 13.7.